The quantitative estimate of drug-likeness (QED) is 0.509. The highest BCUT2D eigenvalue weighted by Gasteiger charge is 2.23. The fourth-order valence-corrected chi connectivity index (χ4v) is 1.97. The summed E-state index contributed by atoms with van der Waals surface area (Å²) in [5, 5.41) is 14.5. The molecule has 0 aliphatic carbocycles. The van der Waals surface area contributed by atoms with Gasteiger partial charge in [-0.15, -0.1) is 0 Å². The van der Waals surface area contributed by atoms with Gasteiger partial charge in [0.25, 0.3) is 11.6 Å². The van der Waals surface area contributed by atoms with Gasteiger partial charge >= 0.3 is 0 Å². The summed E-state index contributed by atoms with van der Waals surface area (Å²) in [6, 6.07) is 4.05. The van der Waals surface area contributed by atoms with Gasteiger partial charge in [-0.1, -0.05) is 5.16 Å². The van der Waals surface area contributed by atoms with Gasteiger partial charge < -0.3 is 19.7 Å². The van der Waals surface area contributed by atoms with Crippen molar-refractivity contribution >= 4 is 11.4 Å². The van der Waals surface area contributed by atoms with Gasteiger partial charge in [-0.2, -0.15) is 4.98 Å². The maximum Gasteiger partial charge on any atom is 0.271 e. The third-order valence-corrected chi connectivity index (χ3v) is 3.02. The largest absolute Gasteiger partial charge is 0.398 e. The van der Waals surface area contributed by atoms with Crippen LogP contribution < -0.4 is 5.73 Å². The van der Waals surface area contributed by atoms with Crippen LogP contribution in [0.5, 0.6) is 0 Å². The average molecular weight is 292 g/mol. The van der Waals surface area contributed by atoms with E-state index in [9.17, 15) is 10.1 Å². The summed E-state index contributed by atoms with van der Waals surface area (Å²) in [4.78, 5) is 14.4. The summed E-state index contributed by atoms with van der Waals surface area (Å²) in [6.07, 6.45) is -0.379. The van der Waals surface area contributed by atoms with Gasteiger partial charge in [0.05, 0.1) is 36.0 Å². The molecule has 1 aromatic carbocycles. The molecule has 2 aromatic rings. The molecule has 0 bridgehead atoms. The highest BCUT2D eigenvalue weighted by Crippen LogP contribution is 2.29. The number of nitro benzene ring substituents is 1. The van der Waals surface area contributed by atoms with Gasteiger partial charge in [0, 0.05) is 12.1 Å². The Hall–Kier alpha value is -2.52. The lowest BCUT2D eigenvalue weighted by atomic mass is 10.1. The smallest absolute Gasteiger partial charge is 0.271 e. The first-order valence-electron chi connectivity index (χ1n) is 6.22. The van der Waals surface area contributed by atoms with Gasteiger partial charge in [0.15, 0.2) is 0 Å². The molecule has 3 rings (SSSR count). The van der Waals surface area contributed by atoms with Crippen molar-refractivity contribution in [1.82, 2.24) is 10.1 Å². The van der Waals surface area contributed by atoms with Crippen molar-refractivity contribution < 1.29 is 18.9 Å². The first-order chi connectivity index (χ1) is 10.1. The minimum Gasteiger partial charge on any atom is -0.398 e. The van der Waals surface area contributed by atoms with E-state index < -0.39 is 4.92 Å². The monoisotopic (exact) mass is 292 g/mol. The molecule has 1 unspecified atom stereocenters. The lowest BCUT2D eigenvalue weighted by molar-refractivity contribution is -0.384. The van der Waals surface area contributed by atoms with Crippen molar-refractivity contribution in [3.05, 3.63) is 34.1 Å². The van der Waals surface area contributed by atoms with Gasteiger partial charge in [0.2, 0.25) is 5.82 Å². The van der Waals surface area contributed by atoms with E-state index in [4.69, 9.17) is 19.7 Å². The normalized spacial score (nSPS) is 18.6. The zero-order valence-corrected chi connectivity index (χ0v) is 10.9. The second-order valence-electron chi connectivity index (χ2n) is 4.42. The standard InChI is InChI=1S/C12H12N4O5/c13-9-5-7(16(17)18)1-2-8(9)12-14-11(15-21-12)10-6-19-3-4-20-10/h1-2,5,10H,3-4,6,13H2. The summed E-state index contributed by atoms with van der Waals surface area (Å²) in [5.41, 5.74) is 6.33. The van der Waals surface area contributed by atoms with Crippen LogP contribution in [0.2, 0.25) is 0 Å². The van der Waals surface area contributed by atoms with Crippen LogP contribution in [0.25, 0.3) is 11.5 Å². The molecule has 0 spiro atoms. The topological polar surface area (TPSA) is 127 Å². The van der Waals surface area contributed by atoms with E-state index in [1.54, 1.807) is 0 Å². The zero-order valence-electron chi connectivity index (χ0n) is 10.9. The molecule has 1 aromatic heterocycles. The summed E-state index contributed by atoms with van der Waals surface area (Å²) in [6.45, 7) is 1.36. The van der Waals surface area contributed by atoms with Crippen LogP contribution in [0, 0.1) is 10.1 Å². The lowest BCUT2D eigenvalue weighted by Gasteiger charge is -2.19. The highest BCUT2D eigenvalue weighted by molar-refractivity contribution is 5.72. The van der Waals surface area contributed by atoms with E-state index in [2.05, 4.69) is 10.1 Å². The Labute approximate surface area is 118 Å². The molecule has 1 atom stereocenters. The number of ether oxygens (including phenoxy) is 2. The second kappa shape index (κ2) is 5.46. The summed E-state index contributed by atoms with van der Waals surface area (Å²) >= 11 is 0. The maximum atomic E-state index is 10.7. The van der Waals surface area contributed by atoms with Crippen molar-refractivity contribution in [3.63, 3.8) is 0 Å². The molecule has 21 heavy (non-hydrogen) atoms. The van der Waals surface area contributed by atoms with Crippen LogP contribution in [-0.2, 0) is 9.47 Å². The third kappa shape index (κ3) is 2.69. The Bertz CT molecular complexity index is 665. The van der Waals surface area contributed by atoms with Crippen LogP contribution in [0.4, 0.5) is 11.4 Å². The van der Waals surface area contributed by atoms with Crippen molar-refractivity contribution in [2.24, 2.45) is 0 Å². The van der Waals surface area contributed by atoms with E-state index in [0.717, 1.165) is 0 Å². The van der Waals surface area contributed by atoms with Gasteiger partial charge in [-0.3, -0.25) is 10.1 Å². The first-order valence-corrected chi connectivity index (χ1v) is 6.22. The molecule has 2 N–H and O–H groups in total. The molecule has 0 saturated carbocycles. The Kier molecular flexibility index (Phi) is 3.50. The Balaban J connectivity index is 1.87. The number of hydrogen-bond acceptors (Lipinski definition) is 8. The number of nitrogens with two attached hydrogens (primary N) is 1. The number of benzene rings is 1. The molecule has 9 nitrogen and oxygen atoms in total. The molecule has 1 saturated heterocycles. The summed E-state index contributed by atoms with van der Waals surface area (Å²) in [5.74, 6) is 0.550. The molecule has 1 aliphatic rings. The number of anilines is 1. The van der Waals surface area contributed by atoms with E-state index in [1.165, 1.54) is 18.2 Å². The van der Waals surface area contributed by atoms with Crippen LogP contribution >= 0.6 is 0 Å². The predicted molar refractivity (Wildman–Crippen MR) is 70.3 cm³/mol. The van der Waals surface area contributed by atoms with E-state index in [0.29, 0.717) is 31.2 Å². The second-order valence-corrected chi connectivity index (χ2v) is 4.42. The van der Waals surface area contributed by atoms with E-state index in [1.807, 2.05) is 0 Å². The molecular formula is C12H12N4O5. The van der Waals surface area contributed by atoms with Crippen molar-refractivity contribution in [2.75, 3.05) is 25.6 Å². The number of aromatic nitrogens is 2. The molecular weight excluding hydrogens is 280 g/mol. The maximum absolute atomic E-state index is 10.7. The van der Waals surface area contributed by atoms with Gasteiger partial charge in [-0.05, 0) is 6.07 Å². The van der Waals surface area contributed by atoms with Crippen LogP contribution in [-0.4, -0.2) is 34.9 Å². The van der Waals surface area contributed by atoms with Crippen molar-refractivity contribution in [1.29, 1.82) is 0 Å². The molecule has 2 heterocycles. The minimum absolute atomic E-state index is 0.0972. The van der Waals surface area contributed by atoms with E-state index >= 15 is 0 Å². The lowest BCUT2D eigenvalue weighted by Crippen LogP contribution is -2.22. The molecule has 1 fully saturated rings. The molecule has 1 aliphatic heterocycles. The number of rotatable bonds is 3. The number of hydrogen-bond donors (Lipinski definition) is 1. The van der Waals surface area contributed by atoms with Crippen molar-refractivity contribution in [2.45, 2.75) is 6.10 Å². The number of nitrogens with zero attached hydrogens (tertiary/aromatic N) is 3. The third-order valence-electron chi connectivity index (χ3n) is 3.02. The predicted octanol–water partition coefficient (Wildman–Crippen LogP) is 1.31. The number of non-ortho nitro benzene ring substituents is 1. The minimum atomic E-state index is -0.521. The van der Waals surface area contributed by atoms with Gasteiger partial charge in [0.1, 0.15) is 6.10 Å². The van der Waals surface area contributed by atoms with Crippen LogP contribution in [0.1, 0.15) is 11.9 Å². The molecule has 0 radical (unpaired) electrons. The Morgan fingerprint density at radius 1 is 1.38 bits per heavy atom. The summed E-state index contributed by atoms with van der Waals surface area (Å²) < 4.78 is 15.9. The summed E-state index contributed by atoms with van der Waals surface area (Å²) in [7, 11) is 0. The van der Waals surface area contributed by atoms with Crippen LogP contribution in [0.3, 0.4) is 0 Å². The first kappa shape index (κ1) is 13.5. The molecule has 110 valence electrons. The average Bonchev–Trinajstić information content (AvgIpc) is 2.97. The number of nitrogen functional groups attached to an aromatic ring is 1. The zero-order chi connectivity index (χ0) is 14.8. The van der Waals surface area contributed by atoms with Crippen LogP contribution in [0.15, 0.2) is 22.7 Å². The van der Waals surface area contributed by atoms with Crippen molar-refractivity contribution in [3.8, 4) is 11.5 Å². The Morgan fingerprint density at radius 2 is 2.24 bits per heavy atom. The molecule has 9 heteroatoms. The molecule has 0 amide bonds. The fraction of sp³-hybridized carbons (Fsp3) is 0.333. The van der Waals surface area contributed by atoms with E-state index in [-0.39, 0.29) is 23.4 Å². The Morgan fingerprint density at radius 3 is 2.90 bits per heavy atom. The SMILES string of the molecule is Nc1cc([N+](=O)[O-])ccc1-c1nc(C2COCCO2)no1. The fourth-order valence-electron chi connectivity index (χ4n) is 1.97. The van der Waals surface area contributed by atoms with Gasteiger partial charge in [-0.25, -0.2) is 0 Å². The number of nitro groups is 1. The highest BCUT2D eigenvalue weighted by atomic mass is 16.6.